The summed E-state index contributed by atoms with van der Waals surface area (Å²) < 4.78 is 1.11. The maximum atomic E-state index is 3.45. The normalized spacial score (nSPS) is 10.2. The zero-order valence-electron chi connectivity index (χ0n) is 9.44. The molecule has 0 bridgehead atoms. The maximum absolute atomic E-state index is 3.45. The molecule has 0 fully saturated rings. The molecule has 0 N–H and O–H groups in total. The van der Waals surface area contributed by atoms with E-state index in [1.807, 2.05) is 0 Å². The number of nitrogens with zero attached hydrogens (tertiary/aromatic N) is 1. The van der Waals surface area contributed by atoms with E-state index in [1.165, 1.54) is 16.8 Å². The Bertz CT molecular complexity index is 474. The average Bonchev–Trinajstić information content (AvgIpc) is 2.30. The van der Waals surface area contributed by atoms with Crippen molar-refractivity contribution in [3.63, 3.8) is 0 Å². The number of anilines is 1. The van der Waals surface area contributed by atoms with Crippen molar-refractivity contribution in [3.05, 3.63) is 53.0 Å². The lowest BCUT2D eigenvalue weighted by molar-refractivity contribution is 1.13. The molecule has 0 saturated carbocycles. The molecule has 2 rings (SSSR count). The summed E-state index contributed by atoms with van der Waals surface area (Å²) in [7, 11) is 4.11. The molecule has 0 saturated heterocycles. The van der Waals surface area contributed by atoms with Gasteiger partial charge in [-0.25, -0.2) is 0 Å². The predicted octanol–water partition coefficient (Wildman–Crippen LogP) is 4.18. The van der Waals surface area contributed by atoms with Crippen molar-refractivity contribution in [1.82, 2.24) is 0 Å². The molecule has 1 nitrogen and oxygen atoms in total. The van der Waals surface area contributed by atoms with Gasteiger partial charge in [0.25, 0.3) is 0 Å². The third-order valence-electron chi connectivity index (χ3n) is 2.54. The average molecular weight is 276 g/mol. The Labute approximate surface area is 105 Å². The largest absolute Gasteiger partial charge is 0.378 e. The van der Waals surface area contributed by atoms with Gasteiger partial charge in [-0.1, -0.05) is 40.2 Å². The number of hydrogen-bond donors (Lipinski definition) is 0. The van der Waals surface area contributed by atoms with Crippen molar-refractivity contribution in [2.45, 2.75) is 0 Å². The van der Waals surface area contributed by atoms with Crippen LogP contribution in [0.4, 0.5) is 5.69 Å². The first-order valence-electron chi connectivity index (χ1n) is 5.20. The van der Waals surface area contributed by atoms with Gasteiger partial charge in [0, 0.05) is 24.3 Å². The molecule has 2 aromatic carbocycles. The predicted molar refractivity (Wildman–Crippen MR) is 73.9 cm³/mol. The van der Waals surface area contributed by atoms with Gasteiger partial charge in [-0.3, -0.25) is 0 Å². The highest BCUT2D eigenvalue weighted by Crippen LogP contribution is 2.25. The van der Waals surface area contributed by atoms with Crippen molar-refractivity contribution in [2.75, 3.05) is 19.0 Å². The summed E-state index contributed by atoms with van der Waals surface area (Å²) in [4.78, 5) is 2.11. The smallest absolute Gasteiger partial charge is 0.0367 e. The summed E-state index contributed by atoms with van der Waals surface area (Å²) in [6.45, 7) is 0. The topological polar surface area (TPSA) is 3.24 Å². The maximum Gasteiger partial charge on any atom is 0.0367 e. The lowest BCUT2D eigenvalue weighted by Crippen LogP contribution is -2.08. The van der Waals surface area contributed by atoms with Crippen molar-refractivity contribution in [2.24, 2.45) is 0 Å². The van der Waals surface area contributed by atoms with Crippen molar-refractivity contribution < 1.29 is 0 Å². The van der Waals surface area contributed by atoms with E-state index in [2.05, 4.69) is 83.5 Å². The van der Waals surface area contributed by atoms with Gasteiger partial charge in [-0.2, -0.15) is 0 Å². The zero-order valence-corrected chi connectivity index (χ0v) is 11.0. The summed E-state index contributed by atoms with van der Waals surface area (Å²) in [5.41, 5.74) is 3.71. The van der Waals surface area contributed by atoms with Crippen molar-refractivity contribution in [1.29, 1.82) is 0 Å². The third-order valence-corrected chi connectivity index (χ3v) is 3.07. The molecule has 0 amide bonds. The molecule has 0 spiro atoms. The van der Waals surface area contributed by atoms with Crippen LogP contribution in [0.3, 0.4) is 0 Å². The fourth-order valence-corrected chi connectivity index (χ4v) is 1.87. The van der Waals surface area contributed by atoms with Gasteiger partial charge < -0.3 is 4.90 Å². The first-order valence-corrected chi connectivity index (χ1v) is 5.99. The van der Waals surface area contributed by atoms with E-state index < -0.39 is 0 Å². The fraction of sp³-hybridized carbons (Fsp3) is 0.143. The Morgan fingerprint density at radius 2 is 1.56 bits per heavy atom. The molecular weight excluding hydrogens is 262 g/mol. The van der Waals surface area contributed by atoms with Crippen LogP contribution in [0.2, 0.25) is 0 Å². The van der Waals surface area contributed by atoms with E-state index in [-0.39, 0.29) is 0 Å². The SMILES string of the molecule is CN(C)c1cccc(-c2ccc(Br)cc2)c1. The molecule has 0 unspecified atom stereocenters. The standard InChI is InChI=1S/C14H14BrN/c1-16(2)14-5-3-4-12(10-14)11-6-8-13(15)9-7-11/h3-10H,1-2H3. The first kappa shape index (κ1) is 11.2. The molecular formula is C14H14BrN. The quantitative estimate of drug-likeness (QED) is 0.795. The minimum Gasteiger partial charge on any atom is -0.378 e. The molecule has 2 heteroatoms. The Kier molecular flexibility index (Phi) is 3.30. The van der Waals surface area contributed by atoms with Crippen LogP contribution in [0.15, 0.2) is 53.0 Å². The van der Waals surface area contributed by atoms with Crippen LogP contribution in [-0.2, 0) is 0 Å². The van der Waals surface area contributed by atoms with Crippen LogP contribution in [0, 0.1) is 0 Å². The van der Waals surface area contributed by atoms with E-state index in [1.54, 1.807) is 0 Å². The Balaban J connectivity index is 2.40. The fourth-order valence-electron chi connectivity index (χ4n) is 1.61. The van der Waals surface area contributed by atoms with Crippen LogP contribution in [0.5, 0.6) is 0 Å². The van der Waals surface area contributed by atoms with Gasteiger partial charge in [0.1, 0.15) is 0 Å². The lowest BCUT2D eigenvalue weighted by Gasteiger charge is -2.13. The third kappa shape index (κ3) is 2.45. The monoisotopic (exact) mass is 275 g/mol. The van der Waals surface area contributed by atoms with Crippen LogP contribution < -0.4 is 4.90 Å². The summed E-state index contributed by atoms with van der Waals surface area (Å²) in [6.07, 6.45) is 0. The second kappa shape index (κ2) is 4.71. The number of hydrogen-bond acceptors (Lipinski definition) is 1. The van der Waals surface area contributed by atoms with Crippen molar-refractivity contribution >= 4 is 21.6 Å². The first-order chi connectivity index (χ1) is 7.66. The second-order valence-corrected chi connectivity index (χ2v) is 4.87. The molecule has 0 atom stereocenters. The van der Waals surface area contributed by atoms with Gasteiger partial charge in [0.05, 0.1) is 0 Å². The summed E-state index contributed by atoms with van der Waals surface area (Å²) in [5, 5.41) is 0. The van der Waals surface area contributed by atoms with Gasteiger partial charge in [-0.15, -0.1) is 0 Å². The molecule has 0 aliphatic heterocycles. The zero-order chi connectivity index (χ0) is 11.5. The van der Waals surface area contributed by atoms with E-state index in [0.29, 0.717) is 0 Å². The Morgan fingerprint density at radius 3 is 2.19 bits per heavy atom. The van der Waals surface area contributed by atoms with E-state index >= 15 is 0 Å². The minimum absolute atomic E-state index is 1.11. The Hall–Kier alpha value is -1.28. The van der Waals surface area contributed by atoms with E-state index in [9.17, 15) is 0 Å². The van der Waals surface area contributed by atoms with Crippen LogP contribution >= 0.6 is 15.9 Å². The highest BCUT2D eigenvalue weighted by atomic mass is 79.9. The summed E-state index contributed by atoms with van der Waals surface area (Å²) in [5.74, 6) is 0. The molecule has 2 aromatic rings. The molecule has 16 heavy (non-hydrogen) atoms. The molecule has 0 heterocycles. The number of halogens is 1. The molecule has 0 aromatic heterocycles. The van der Waals surface area contributed by atoms with Crippen molar-refractivity contribution in [3.8, 4) is 11.1 Å². The highest BCUT2D eigenvalue weighted by Gasteiger charge is 2.00. The minimum atomic E-state index is 1.11. The van der Waals surface area contributed by atoms with Crippen LogP contribution in [0.25, 0.3) is 11.1 Å². The lowest BCUT2D eigenvalue weighted by atomic mass is 10.1. The molecule has 82 valence electrons. The van der Waals surface area contributed by atoms with Gasteiger partial charge >= 0.3 is 0 Å². The van der Waals surface area contributed by atoms with Gasteiger partial charge in [-0.05, 0) is 35.4 Å². The van der Waals surface area contributed by atoms with Crippen LogP contribution in [-0.4, -0.2) is 14.1 Å². The highest BCUT2D eigenvalue weighted by molar-refractivity contribution is 9.10. The second-order valence-electron chi connectivity index (χ2n) is 3.95. The Morgan fingerprint density at radius 1 is 0.875 bits per heavy atom. The summed E-state index contributed by atoms with van der Waals surface area (Å²) >= 11 is 3.45. The molecule has 0 aliphatic rings. The molecule has 0 aliphatic carbocycles. The number of rotatable bonds is 2. The van der Waals surface area contributed by atoms with Gasteiger partial charge in [0.2, 0.25) is 0 Å². The van der Waals surface area contributed by atoms with E-state index in [0.717, 1.165) is 4.47 Å². The molecule has 0 radical (unpaired) electrons. The van der Waals surface area contributed by atoms with Crippen LogP contribution in [0.1, 0.15) is 0 Å². The summed E-state index contributed by atoms with van der Waals surface area (Å²) in [6, 6.07) is 16.9. The van der Waals surface area contributed by atoms with E-state index in [4.69, 9.17) is 0 Å². The number of benzene rings is 2. The van der Waals surface area contributed by atoms with Gasteiger partial charge in [0.15, 0.2) is 0 Å².